The van der Waals surface area contributed by atoms with Gasteiger partial charge in [-0.3, -0.25) is 4.79 Å². The number of nitrogen functional groups attached to an aromatic ring is 1. The van der Waals surface area contributed by atoms with Gasteiger partial charge in [-0.2, -0.15) is 0 Å². The molecule has 0 saturated heterocycles. The van der Waals surface area contributed by atoms with Crippen molar-refractivity contribution in [3.63, 3.8) is 0 Å². The number of aryl methyl sites for hydroxylation is 1. The van der Waals surface area contributed by atoms with Gasteiger partial charge in [0.05, 0.1) is 17.7 Å². The number of rotatable bonds is 4. The van der Waals surface area contributed by atoms with Crippen molar-refractivity contribution in [1.29, 1.82) is 0 Å². The third kappa shape index (κ3) is 2.72. The summed E-state index contributed by atoms with van der Waals surface area (Å²) >= 11 is 0. The van der Waals surface area contributed by atoms with Crippen LogP contribution in [0.1, 0.15) is 29.9 Å². The summed E-state index contributed by atoms with van der Waals surface area (Å²) in [4.78, 5) is 20.8. The highest BCUT2D eigenvalue weighted by Crippen LogP contribution is 2.48. The minimum absolute atomic E-state index is 0.0588. The molecule has 3 N–H and O–H groups in total. The minimum atomic E-state index is -0.379. The van der Waals surface area contributed by atoms with E-state index in [9.17, 15) is 4.79 Å². The SMILES string of the molecule is Cc1nccc(CNC(=O)C2(c3ccc(N)cc3)CC2)n1. The van der Waals surface area contributed by atoms with Gasteiger partial charge in [0.15, 0.2) is 0 Å². The third-order valence-corrected chi connectivity index (χ3v) is 3.91. The van der Waals surface area contributed by atoms with E-state index in [1.54, 1.807) is 6.20 Å². The number of nitrogens with two attached hydrogens (primary N) is 1. The molecule has 1 aromatic heterocycles. The van der Waals surface area contributed by atoms with E-state index in [0.29, 0.717) is 18.1 Å². The Hall–Kier alpha value is -2.43. The largest absolute Gasteiger partial charge is 0.399 e. The number of anilines is 1. The Bertz CT molecular complexity index is 662. The number of hydrogen-bond donors (Lipinski definition) is 2. The van der Waals surface area contributed by atoms with Crippen LogP contribution in [0.15, 0.2) is 36.5 Å². The highest BCUT2D eigenvalue weighted by molar-refractivity contribution is 5.91. The standard InChI is InChI=1S/C16H18N4O/c1-11-18-9-6-14(20-11)10-19-15(21)16(7-8-16)12-2-4-13(17)5-3-12/h2-6,9H,7-8,10,17H2,1H3,(H,19,21). The average molecular weight is 282 g/mol. The number of nitrogens with zero attached hydrogens (tertiary/aromatic N) is 2. The van der Waals surface area contributed by atoms with Crippen molar-refractivity contribution in [3.05, 3.63) is 53.6 Å². The summed E-state index contributed by atoms with van der Waals surface area (Å²) in [5, 5.41) is 2.98. The Morgan fingerprint density at radius 2 is 2.00 bits per heavy atom. The molecular formula is C16H18N4O. The first-order valence-electron chi connectivity index (χ1n) is 7.03. The summed E-state index contributed by atoms with van der Waals surface area (Å²) in [6.45, 7) is 2.26. The van der Waals surface area contributed by atoms with E-state index in [2.05, 4.69) is 15.3 Å². The van der Waals surface area contributed by atoms with E-state index >= 15 is 0 Å². The Morgan fingerprint density at radius 1 is 1.29 bits per heavy atom. The van der Waals surface area contributed by atoms with Crippen LogP contribution < -0.4 is 11.1 Å². The Kier molecular flexibility index (Phi) is 3.33. The normalized spacial score (nSPS) is 15.5. The zero-order chi connectivity index (χ0) is 14.9. The predicted octanol–water partition coefficient (Wildman–Crippen LogP) is 1.72. The second kappa shape index (κ2) is 5.16. The van der Waals surface area contributed by atoms with Crippen LogP contribution in [0.2, 0.25) is 0 Å². The molecule has 5 nitrogen and oxygen atoms in total. The monoisotopic (exact) mass is 282 g/mol. The number of carbonyl (C=O) groups is 1. The van der Waals surface area contributed by atoms with E-state index in [4.69, 9.17) is 5.73 Å². The lowest BCUT2D eigenvalue weighted by atomic mass is 9.95. The molecule has 21 heavy (non-hydrogen) atoms. The van der Waals surface area contributed by atoms with Gasteiger partial charge < -0.3 is 11.1 Å². The van der Waals surface area contributed by atoms with E-state index in [0.717, 1.165) is 24.1 Å². The van der Waals surface area contributed by atoms with Gasteiger partial charge in [0.2, 0.25) is 5.91 Å². The average Bonchev–Trinajstić information content (AvgIpc) is 3.27. The highest BCUT2D eigenvalue weighted by Gasteiger charge is 2.51. The molecule has 1 fully saturated rings. The van der Waals surface area contributed by atoms with Crippen molar-refractivity contribution in [2.45, 2.75) is 31.7 Å². The van der Waals surface area contributed by atoms with Crippen LogP contribution in [-0.4, -0.2) is 15.9 Å². The molecule has 0 bridgehead atoms. The summed E-state index contributed by atoms with van der Waals surface area (Å²) in [6, 6.07) is 9.39. The lowest BCUT2D eigenvalue weighted by Crippen LogP contribution is -2.34. The van der Waals surface area contributed by atoms with Gasteiger partial charge in [-0.25, -0.2) is 9.97 Å². The van der Waals surface area contributed by atoms with Gasteiger partial charge in [-0.1, -0.05) is 12.1 Å². The molecule has 0 radical (unpaired) electrons. The number of aromatic nitrogens is 2. The van der Waals surface area contributed by atoms with Crippen molar-refractivity contribution in [2.24, 2.45) is 0 Å². The second-order valence-electron chi connectivity index (χ2n) is 5.48. The number of hydrogen-bond acceptors (Lipinski definition) is 4. The molecule has 108 valence electrons. The molecule has 0 atom stereocenters. The molecule has 1 saturated carbocycles. The van der Waals surface area contributed by atoms with Crippen molar-refractivity contribution in [3.8, 4) is 0 Å². The molecule has 0 spiro atoms. The first-order valence-corrected chi connectivity index (χ1v) is 7.03. The third-order valence-electron chi connectivity index (χ3n) is 3.91. The number of nitrogens with one attached hydrogen (secondary N) is 1. The van der Waals surface area contributed by atoms with Crippen molar-refractivity contribution < 1.29 is 4.79 Å². The zero-order valence-electron chi connectivity index (χ0n) is 12.0. The van der Waals surface area contributed by atoms with Crippen molar-refractivity contribution in [1.82, 2.24) is 15.3 Å². The maximum Gasteiger partial charge on any atom is 0.230 e. The maximum absolute atomic E-state index is 12.5. The van der Waals surface area contributed by atoms with Crippen LogP contribution >= 0.6 is 0 Å². The quantitative estimate of drug-likeness (QED) is 0.837. The van der Waals surface area contributed by atoms with Crippen LogP contribution in [0.5, 0.6) is 0 Å². The zero-order valence-corrected chi connectivity index (χ0v) is 12.0. The molecule has 2 aromatic rings. The maximum atomic E-state index is 12.5. The molecule has 1 amide bonds. The number of carbonyl (C=O) groups excluding carboxylic acids is 1. The van der Waals surface area contributed by atoms with Crippen LogP contribution in [0.25, 0.3) is 0 Å². The molecule has 0 unspecified atom stereocenters. The molecule has 0 aliphatic heterocycles. The Labute approximate surface area is 123 Å². The number of amides is 1. The molecule has 1 aliphatic rings. The molecule has 1 heterocycles. The van der Waals surface area contributed by atoms with Crippen LogP contribution in [-0.2, 0) is 16.8 Å². The van der Waals surface area contributed by atoms with E-state index < -0.39 is 0 Å². The minimum Gasteiger partial charge on any atom is -0.399 e. The Morgan fingerprint density at radius 3 is 2.62 bits per heavy atom. The Balaban J connectivity index is 1.69. The highest BCUT2D eigenvalue weighted by atomic mass is 16.2. The first-order chi connectivity index (χ1) is 10.1. The van der Waals surface area contributed by atoms with Gasteiger partial charge in [0, 0.05) is 11.9 Å². The van der Waals surface area contributed by atoms with Gasteiger partial charge in [-0.15, -0.1) is 0 Å². The summed E-state index contributed by atoms with van der Waals surface area (Å²) in [7, 11) is 0. The van der Waals surface area contributed by atoms with Crippen molar-refractivity contribution in [2.75, 3.05) is 5.73 Å². The van der Waals surface area contributed by atoms with E-state index in [1.807, 2.05) is 37.3 Å². The fourth-order valence-electron chi connectivity index (χ4n) is 2.52. The van der Waals surface area contributed by atoms with Crippen LogP contribution in [0.4, 0.5) is 5.69 Å². The lowest BCUT2D eigenvalue weighted by molar-refractivity contribution is -0.123. The smallest absolute Gasteiger partial charge is 0.230 e. The van der Waals surface area contributed by atoms with Gasteiger partial charge >= 0.3 is 0 Å². The lowest BCUT2D eigenvalue weighted by Gasteiger charge is -2.16. The molecular weight excluding hydrogens is 264 g/mol. The first kappa shape index (κ1) is 13.5. The van der Waals surface area contributed by atoms with Crippen LogP contribution in [0, 0.1) is 6.92 Å². The number of benzene rings is 1. The molecule has 5 heteroatoms. The molecule has 1 aromatic carbocycles. The van der Waals surface area contributed by atoms with Gasteiger partial charge in [-0.05, 0) is 43.5 Å². The van der Waals surface area contributed by atoms with E-state index in [1.165, 1.54) is 0 Å². The van der Waals surface area contributed by atoms with Crippen LogP contribution in [0.3, 0.4) is 0 Å². The molecule has 1 aliphatic carbocycles. The summed E-state index contributed by atoms with van der Waals surface area (Å²) in [5.41, 5.74) is 7.89. The fourth-order valence-corrected chi connectivity index (χ4v) is 2.52. The summed E-state index contributed by atoms with van der Waals surface area (Å²) in [6.07, 6.45) is 3.47. The van der Waals surface area contributed by atoms with Crippen molar-refractivity contribution >= 4 is 11.6 Å². The van der Waals surface area contributed by atoms with Gasteiger partial charge in [0.1, 0.15) is 5.82 Å². The van der Waals surface area contributed by atoms with E-state index in [-0.39, 0.29) is 11.3 Å². The summed E-state index contributed by atoms with van der Waals surface area (Å²) < 4.78 is 0. The second-order valence-corrected chi connectivity index (χ2v) is 5.48. The topological polar surface area (TPSA) is 80.9 Å². The fraction of sp³-hybridized carbons (Fsp3) is 0.312. The predicted molar refractivity (Wildman–Crippen MR) is 80.4 cm³/mol. The summed E-state index contributed by atoms with van der Waals surface area (Å²) in [5.74, 6) is 0.768. The van der Waals surface area contributed by atoms with Gasteiger partial charge in [0.25, 0.3) is 0 Å². The molecule has 3 rings (SSSR count).